The van der Waals surface area contributed by atoms with E-state index in [1.165, 1.54) is 12.1 Å². The fourth-order valence-corrected chi connectivity index (χ4v) is 5.84. The summed E-state index contributed by atoms with van der Waals surface area (Å²) >= 11 is 0. The molecule has 0 unspecified atom stereocenters. The first-order valence-corrected chi connectivity index (χ1v) is 15.0. The normalized spacial score (nSPS) is 13.6. The van der Waals surface area contributed by atoms with Gasteiger partial charge in [-0.2, -0.15) is 0 Å². The Bertz CT molecular complexity index is 2050. The number of phenols is 1. The van der Waals surface area contributed by atoms with Crippen LogP contribution in [0.2, 0.25) is 0 Å². The number of pyridine rings is 2. The van der Waals surface area contributed by atoms with E-state index in [-0.39, 0.29) is 17.2 Å². The smallest absolute Gasteiger partial charge is 0.254 e. The number of aldehydes is 1. The lowest BCUT2D eigenvalue weighted by Gasteiger charge is -2.34. The average Bonchev–Trinajstić information content (AvgIpc) is 3.48. The number of carbonyl (C=O) groups is 2. The number of hydrogen-bond donors (Lipinski definition) is 2. The molecule has 10 nitrogen and oxygen atoms in total. The second kappa shape index (κ2) is 12.3. The maximum atomic E-state index is 13.0. The molecule has 1 aliphatic rings. The van der Waals surface area contributed by atoms with E-state index in [9.17, 15) is 14.7 Å². The first kappa shape index (κ1) is 28.9. The molecule has 228 valence electrons. The van der Waals surface area contributed by atoms with Gasteiger partial charge in [-0.05, 0) is 60.2 Å². The third-order valence-corrected chi connectivity index (χ3v) is 8.32. The summed E-state index contributed by atoms with van der Waals surface area (Å²) in [5.41, 5.74) is 13.0. The lowest BCUT2D eigenvalue weighted by atomic mass is 10.1. The van der Waals surface area contributed by atoms with Gasteiger partial charge in [-0.25, -0.2) is 15.0 Å². The Balaban J connectivity index is 1.12. The van der Waals surface area contributed by atoms with E-state index in [2.05, 4.69) is 34.1 Å². The van der Waals surface area contributed by atoms with Gasteiger partial charge >= 0.3 is 0 Å². The highest BCUT2D eigenvalue weighted by Gasteiger charge is 2.23. The molecule has 3 aromatic heterocycles. The zero-order chi connectivity index (χ0) is 31.6. The third-order valence-electron chi connectivity index (χ3n) is 8.32. The molecule has 0 bridgehead atoms. The Hall–Kier alpha value is -5.87. The Morgan fingerprint density at radius 1 is 0.870 bits per heavy atom. The molecule has 1 fully saturated rings. The van der Waals surface area contributed by atoms with Gasteiger partial charge in [0.2, 0.25) is 0 Å². The number of phenolic OH excluding ortho intramolecular Hbond substituents is 1. The van der Waals surface area contributed by atoms with Crippen LogP contribution in [0.4, 0.5) is 5.82 Å². The number of fused-ring (bicyclic) bond motifs is 1. The number of aromatic nitrogens is 4. The molecule has 0 atom stereocenters. The van der Waals surface area contributed by atoms with Crippen LogP contribution in [0.15, 0.2) is 103 Å². The number of imidazole rings is 1. The van der Waals surface area contributed by atoms with E-state index < -0.39 is 0 Å². The van der Waals surface area contributed by atoms with Gasteiger partial charge in [-0.15, -0.1) is 0 Å². The summed E-state index contributed by atoms with van der Waals surface area (Å²) in [7, 11) is 0. The van der Waals surface area contributed by atoms with E-state index >= 15 is 0 Å². The number of benzene rings is 3. The summed E-state index contributed by atoms with van der Waals surface area (Å²) in [5, 5.41) is 9.99. The van der Waals surface area contributed by atoms with Gasteiger partial charge in [0.1, 0.15) is 17.1 Å². The lowest BCUT2D eigenvalue weighted by molar-refractivity contribution is 0.0628. The predicted molar refractivity (Wildman–Crippen MR) is 177 cm³/mol. The van der Waals surface area contributed by atoms with E-state index in [0.29, 0.717) is 49.7 Å². The van der Waals surface area contributed by atoms with Crippen LogP contribution in [0.3, 0.4) is 0 Å². The molecule has 0 saturated carbocycles. The maximum Gasteiger partial charge on any atom is 0.254 e. The maximum absolute atomic E-state index is 13.0. The number of nitrogens with zero attached hydrogens (tertiary/aromatic N) is 6. The zero-order valence-corrected chi connectivity index (χ0v) is 25.0. The van der Waals surface area contributed by atoms with Gasteiger partial charge in [-0.1, -0.05) is 42.5 Å². The highest BCUT2D eigenvalue weighted by molar-refractivity contribution is 5.96. The Morgan fingerprint density at radius 3 is 2.37 bits per heavy atom. The number of anilines is 1. The highest BCUT2D eigenvalue weighted by atomic mass is 16.3. The zero-order valence-electron chi connectivity index (χ0n) is 25.0. The fraction of sp³-hybridized carbons (Fsp3) is 0.139. The molecule has 3 N–H and O–H groups in total. The summed E-state index contributed by atoms with van der Waals surface area (Å²) in [6.45, 7) is 3.31. The Morgan fingerprint density at radius 2 is 1.65 bits per heavy atom. The van der Waals surface area contributed by atoms with Crippen molar-refractivity contribution in [3.05, 3.63) is 120 Å². The molecule has 1 aliphatic heterocycles. The van der Waals surface area contributed by atoms with Crippen molar-refractivity contribution in [1.29, 1.82) is 0 Å². The number of hydrogen-bond acceptors (Lipinski definition) is 8. The van der Waals surface area contributed by atoms with E-state index in [1.807, 2.05) is 59.2 Å². The molecule has 0 aliphatic carbocycles. The number of nitrogen functional groups attached to an aromatic ring is 1. The van der Waals surface area contributed by atoms with Crippen LogP contribution >= 0.6 is 0 Å². The minimum Gasteiger partial charge on any atom is -0.507 e. The number of carbonyl (C=O) groups excluding carboxylic acids is 2. The quantitative estimate of drug-likeness (QED) is 0.236. The summed E-state index contributed by atoms with van der Waals surface area (Å²) in [5.74, 6) is 0.723. The number of amides is 1. The van der Waals surface area contributed by atoms with Crippen LogP contribution in [0, 0.1) is 0 Å². The van der Waals surface area contributed by atoms with E-state index in [1.54, 1.807) is 17.2 Å². The highest BCUT2D eigenvalue weighted by Crippen LogP contribution is 2.32. The summed E-state index contributed by atoms with van der Waals surface area (Å²) < 4.78 is 2.03. The Labute approximate surface area is 265 Å². The standard InChI is InChI=1S/C36H31N7O3/c37-33-29(7-4-16-38-33)34-40-31-15-14-30(25-5-2-1-3-6-25)39-35(31)43(34)28-12-8-24(9-13-28)22-41-17-19-42(20-18-41)36(46)26-10-11-27(23-44)32(45)21-26/h1-16,21,23,45H,17-20,22H2,(H2,37,38). The van der Waals surface area contributed by atoms with Crippen LogP contribution in [0.25, 0.3) is 39.5 Å². The molecular formula is C36H31N7O3. The summed E-state index contributed by atoms with van der Waals surface area (Å²) in [6, 6.07) is 30.5. The van der Waals surface area contributed by atoms with E-state index in [4.69, 9.17) is 15.7 Å². The molecule has 3 aromatic carbocycles. The SMILES string of the molecule is Nc1ncccc1-c1nc2ccc(-c3ccccc3)nc2n1-c1ccc(CN2CCN(C(=O)c3ccc(C=O)c(O)c3)CC2)cc1. The summed E-state index contributed by atoms with van der Waals surface area (Å²) in [6.07, 6.45) is 2.24. The van der Waals surface area contributed by atoms with Crippen LogP contribution in [-0.4, -0.2) is 72.8 Å². The molecule has 1 amide bonds. The fourth-order valence-electron chi connectivity index (χ4n) is 5.84. The third kappa shape index (κ3) is 5.57. The van der Waals surface area contributed by atoms with Crippen molar-refractivity contribution in [3.8, 4) is 34.1 Å². The van der Waals surface area contributed by atoms with Crippen molar-refractivity contribution >= 4 is 29.2 Å². The molecule has 0 spiro atoms. The molecule has 7 rings (SSSR count). The van der Waals surface area contributed by atoms with Crippen molar-refractivity contribution < 1.29 is 14.7 Å². The van der Waals surface area contributed by atoms with Crippen molar-refractivity contribution in [2.45, 2.75) is 6.54 Å². The van der Waals surface area contributed by atoms with Crippen LogP contribution in [0.1, 0.15) is 26.3 Å². The molecular weight excluding hydrogens is 578 g/mol. The largest absolute Gasteiger partial charge is 0.507 e. The molecule has 46 heavy (non-hydrogen) atoms. The minimum atomic E-state index is -0.185. The Kier molecular flexibility index (Phi) is 7.69. The second-order valence-electron chi connectivity index (χ2n) is 11.2. The van der Waals surface area contributed by atoms with Crippen molar-refractivity contribution in [2.24, 2.45) is 0 Å². The van der Waals surface area contributed by atoms with Gasteiger partial charge in [0.15, 0.2) is 17.8 Å². The first-order valence-electron chi connectivity index (χ1n) is 15.0. The molecule has 6 aromatic rings. The van der Waals surface area contributed by atoms with Gasteiger partial charge in [-0.3, -0.25) is 19.1 Å². The van der Waals surface area contributed by atoms with Crippen molar-refractivity contribution in [3.63, 3.8) is 0 Å². The lowest BCUT2D eigenvalue weighted by Crippen LogP contribution is -2.48. The van der Waals surface area contributed by atoms with Crippen LogP contribution < -0.4 is 5.73 Å². The molecule has 10 heteroatoms. The van der Waals surface area contributed by atoms with Crippen LogP contribution in [-0.2, 0) is 6.54 Å². The second-order valence-corrected chi connectivity index (χ2v) is 11.2. The monoisotopic (exact) mass is 609 g/mol. The van der Waals surface area contributed by atoms with Gasteiger partial charge < -0.3 is 15.7 Å². The minimum absolute atomic E-state index is 0.154. The summed E-state index contributed by atoms with van der Waals surface area (Å²) in [4.78, 5) is 42.4. The number of piperazine rings is 1. The van der Waals surface area contributed by atoms with Crippen LogP contribution in [0.5, 0.6) is 5.75 Å². The number of aromatic hydroxyl groups is 1. The van der Waals surface area contributed by atoms with Gasteiger partial charge in [0.25, 0.3) is 5.91 Å². The molecule has 4 heterocycles. The van der Waals surface area contributed by atoms with Gasteiger partial charge in [0.05, 0.1) is 16.8 Å². The number of nitrogens with two attached hydrogens (primary N) is 1. The van der Waals surface area contributed by atoms with E-state index in [0.717, 1.165) is 45.8 Å². The van der Waals surface area contributed by atoms with Crippen molar-refractivity contribution in [2.75, 3.05) is 31.9 Å². The predicted octanol–water partition coefficient (Wildman–Crippen LogP) is 5.21. The van der Waals surface area contributed by atoms with Crippen molar-refractivity contribution in [1.82, 2.24) is 29.3 Å². The van der Waals surface area contributed by atoms with Gasteiger partial charge in [0, 0.05) is 55.7 Å². The first-order chi connectivity index (χ1) is 22.5. The topological polar surface area (TPSA) is 130 Å². The molecule has 1 saturated heterocycles. The average molecular weight is 610 g/mol. The number of rotatable bonds is 7. The molecule has 0 radical (unpaired) electrons.